The highest BCUT2D eigenvalue weighted by atomic mass is 19.4. The van der Waals surface area contributed by atoms with Crippen LogP contribution in [0.25, 0.3) is 0 Å². The summed E-state index contributed by atoms with van der Waals surface area (Å²) in [5, 5.41) is 1.11. The van der Waals surface area contributed by atoms with Crippen LogP contribution in [-0.4, -0.2) is 53.3 Å². The summed E-state index contributed by atoms with van der Waals surface area (Å²) < 4.78 is 61.0. The molecule has 5 rings (SSSR count). The molecule has 1 atom stereocenters. The molecule has 1 unspecified atom stereocenters. The third kappa shape index (κ3) is 4.94. The van der Waals surface area contributed by atoms with E-state index in [0.29, 0.717) is 31.7 Å². The van der Waals surface area contributed by atoms with Gasteiger partial charge in [-0.1, -0.05) is 6.92 Å². The monoisotopic (exact) mass is 536 g/mol. The number of halogens is 4. The maximum Gasteiger partial charge on any atom is 0.421 e. The van der Waals surface area contributed by atoms with Gasteiger partial charge in [0.15, 0.2) is 11.6 Å². The van der Waals surface area contributed by atoms with Gasteiger partial charge in [0.2, 0.25) is 11.8 Å². The van der Waals surface area contributed by atoms with Gasteiger partial charge in [-0.2, -0.15) is 18.2 Å². The highest BCUT2D eigenvalue weighted by Crippen LogP contribution is 2.42. The second kappa shape index (κ2) is 10.1. The fourth-order valence-electron chi connectivity index (χ4n) is 5.22. The van der Waals surface area contributed by atoms with Crippen LogP contribution < -0.4 is 9.64 Å². The molecule has 2 aromatic rings. The molecule has 204 valence electrons. The zero-order valence-electron chi connectivity index (χ0n) is 21.0. The maximum absolute atomic E-state index is 15.4. The number of hydrogen-bond acceptors (Lipinski definition) is 6. The molecule has 0 radical (unpaired) electrons. The quantitative estimate of drug-likeness (QED) is 0.503. The number of carbonyl (C=O) groups excluding carboxylic acids is 2. The van der Waals surface area contributed by atoms with E-state index >= 15 is 4.39 Å². The summed E-state index contributed by atoms with van der Waals surface area (Å²) in [5.41, 5.74) is -1.25. The van der Waals surface area contributed by atoms with Gasteiger partial charge in [0.1, 0.15) is 18.5 Å². The molecule has 1 saturated carbocycles. The Kier molecular flexibility index (Phi) is 7.03. The molecule has 0 spiro atoms. The van der Waals surface area contributed by atoms with E-state index < -0.39 is 41.3 Å². The number of rotatable bonds is 3. The molecule has 1 saturated heterocycles. The van der Waals surface area contributed by atoms with Crippen molar-refractivity contribution in [3.63, 3.8) is 0 Å². The van der Waals surface area contributed by atoms with Crippen molar-refractivity contribution in [3.05, 3.63) is 47.4 Å². The Balaban J connectivity index is 1.56. The van der Waals surface area contributed by atoms with Gasteiger partial charge in [0.25, 0.3) is 5.91 Å². The lowest BCUT2D eigenvalue weighted by Crippen LogP contribution is -2.58. The number of ether oxygens (including phenoxy) is 1. The molecule has 1 aromatic heterocycles. The number of amides is 2. The van der Waals surface area contributed by atoms with E-state index in [0.717, 1.165) is 48.4 Å². The predicted octanol–water partition coefficient (Wildman–Crippen LogP) is 5.20. The molecule has 12 heteroatoms. The van der Waals surface area contributed by atoms with Gasteiger partial charge in [-0.05, 0) is 56.8 Å². The first-order valence-corrected chi connectivity index (χ1v) is 12.6. The Hall–Kier alpha value is -3.25. The van der Waals surface area contributed by atoms with Crippen LogP contribution in [0.2, 0.25) is 0 Å². The molecule has 8 nitrogen and oxygen atoms in total. The van der Waals surface area contributed by atoms with Crippen LogP contribution in [0, 0.1) is 17.7 Å². The first-order chi connectivity index (χ1) is 18.0. The summed E-state index contributed by atoms with van der Waals surface area (Å²) in [5.74, 6) is -3.15. The second-order valence-corrected chi connectivity index (χ2v) is 10.2. The lowest BCUT2D eigenvalue weighted by atomic mass is 9.82. The van der Waals surface area contributed by atoms with E-state index in [4.69, 9.17) is 9.57 Å². The Labute approximate surface area is 217 Å². The van der Waals surface area contributed by atoms with Crippen LogP contribution in [0.5, 0.6) is 11.6 Å². The lowest BCUT2D eigenvalue weighted by molar-refractivity contribution is -0.166. The van der Waals surface area contributed by atoms with Gasteiger partial charge >= 0.3 is 6.18 Å². The zero-order valence-corrected chi connectivity index (χ0v) is 21.0. The molecular weight excluding hydrogens is 508 g/mol. The Bertz CT molecular complexity index is 1230. The van der Waals surface area contributed by atoms with E-state index in [1.165, 1.54) is 4.90 Å². The van der Waals surface area contributed by atoms with Crippen molar-refractivity contribution in [2.45, 2.75) is 51.4 Å². The molecular formula is C26H28F4N4O4. The highest BCUT2D eigenvalue weighted by Gasteiger charge is 2.45. The Morgan fingerprint density at radius 3 is 2.61 bits per heavy atom. The number of hydrogen-bond donors (Lipinski definition) is 0. The fourth-order valence-corrected chi connectivity index (χ4v) is 5.22. The molecule has 2 amide bonds. The molecule has 1 aromatic carbocycles. The molecule has 2 aliphatic heterocycles. The molecule has 38 heavy (non-hydrogen) atoms. The number of pyridine rings is 1. The van der Waals surface area contributed by atoms with Gasteiger partial charge in [0.05, 0.1) is 11.3 Å². The Morgan fingerprint density at radius 2 is 1.89 bits per heavy atom. The summed E-state index contributed by atoms with van der Waals surface area (Å²) in [4.78, 5) is 40.0. The van der Waals surface area contributed by atoms with Crippen molar-refractivity contribution < 1.29 is 36.7 Å². The van der Waals surface area contributed by atoms with Crippen LogP contribution in [-0.2, 0) is 15.8 Å². The van der Waals surface area contributed by atoms with Gasteiger partial charge in [0, 0.05) is 31.1 Å². The van der Waals surface area contributed by atoms with Gasteiger partial charge < -0.3 is 4.74 Å². The molecule has 0 N–H and O–H groups in total. The number of alkyl halides is 3. The minimum Gasteiger partial charge on any atom is -0.435 e. The van der Waals surface area contributed by atoms with Crippen molar-refractivity contribution in [2.24, 2.45) is 11.8 Å². The third-order valence-corrected chi connectivity index (χ3v) is 7.38. The van der Waals surface area contributed by atoms with Crippen molar-refractivity contribution >= 4 is 17.5 Å². The third-order valence-electron chi connectivity index (χ3n) is 7.38. The smallest absolute Gasteiger partial charge is 0.421 e. The largest absolute Gasteiger partial charge is 0.435 e. The molecule has 1 aliphatic carbocycles. The minimum atomic E-state index is -4.79. The van der Waals surface area contributed by atoms with E-state index in [2.05, 4.69) is 11.9 Å². The average Bonchev–Trinajstić information content (AvgIpc) is 3.07. The zero-order chi connectivity index (χ0) is 27.2. The summed E-state index contributed by atoms with van der Waals surface area (Å²) in [7, 11) is 1.81. The van der Waals surface area contributed by atoms with Gasteiger partial charge in [-0.3, -0.25) is 24.2 Å². The van der Waals surface area contributed by atoms with Crippen LogP contribution in [0.15, 0.2) is 30.5 Å². The highest BCUT2D eigenvalue weighted by molar-refractivity contribution is 6.08. The number of fused-ring (bicyclic) bond motifs is 2. The van der Waals surface area contributed by atoms with E-state index in [1.54, 1.807) is 0 Å². The number of nitrogens with zero attached hydrogens (tertiary/aromatic N) is 4. The van der Waals surface area contributed by atoms with Crippen molar-refractivity contribution in [3.8, 4) is 11.6 Å². The normalized spacial score (nSPS) is 24.5. The van der Waals surface area contributed by atoms with Crippen LogP contribution in [0.3, 0.4) is 0 Å². The van der Waals surface area contributed by atoms with Crippen LogP contribution >= 0.6 is 0 Å². The van der Waals surface area contributed by atoms with Gasteiger partial charge in [-0.25, -0.2) is 9.37 Å². The molecule has 0 bridgehead atoms. The maximum atomic E-state index is 15.4. The van der Waals surface area contributed by atoms with Crippen molar-refractivity contribution in [2.75, 3.05) is 25.2 Å². The number of carbonyl (C=O) groups is 2. The first kappa shape index (κ1) is 26.4. The lowest BCUT2D eigenvalue weighted by Gasteiger charge is -2.43. The number of aromatic nitrogens is 1. The van der Waals surface area contributed by atoms with E-state index in [-0.39, 0.29) is 29.8 Å². The predicted molar refractivity (Wildman–Crippen MR) is 127 cm³/mol. The van der Waals surface area contributed by atoms with E-state index in [9.17, 15) is 22.8 Å². The molecule has 2 fully saturated rings. The second-order valence-electron chi connectivity index (χ2n) is 10.2. The number of benzene rings is 1. The number of hydroxylamine groups is 2. The molecule has 3 heterocycles. The standard InChI is InChI=1S/C26H28F4N4O4/c1-15-5-7-16(8-6-15)24(35)33-20-13-19(27)21(38-23-18(26(28,29)30)4-3-10-31-23)12-17(20)25(36)34-22(33)9-11-32(2)14-37-34/h3-4,10,12-13,15-16,22H,5-9,11,14H2,1-2H3. The first-order valence-electron chi connectivity index (χ1n) is 12.6. The van der Waals surface area contributed by atoms with E-state index in [1.807, 2.05) is 11.9 Å². The average molecular weight is 537 g/mol. The minimum absolute atomic E-state index is 0.0509. The van der Waals surface area contributed by atoms with Crippen molar-refractivity contribution in [1.29, 1.82) is 0 Å². The van der Waals surface area contributed by atoms with Crippen LogP contribution in [0.4, 0.5) is 23.2 Å². The Morgan fingerprint density at radius 1 is 1.16 bits per heavy atom. The van der Waals surface area contributed by atoms with Gasteiger partial charge in [-0.15, -0.1) is 0 Å². The summed E-state index contributed by atoms with van der Waals surface area (Å²) >= 11 is 0. The summed E-state index contributed by atoms with van der Waals surface area (Å²) in [6.07, 6.45) is -0.988. The van der Waals surface area contributed by atoms with Crippen molar-refractivity contribution in [1.82, 2.24) is 14.9 Å². The topological polar surface area (TPSA) is 75.2 Å². The molecule has 3 aliphatic rings. The number of anilines is 1. The fraction of sp³-hybridized carbons (Fsp3) is 0.500. The summed E-state index contributed by atoms with van der Waals surface area (Å²) in [6, 6.07) is 3.85. The SMILES string of the molecule is CC1CCC(C(=O)N2c3cc(F)c(Oc4ncccc4C(F)(F)F)cc3C(=O)N3OCN(C)CCC32)CC1. The summed E-state index contributed by atoms with van der Waals surface area (Å²) in [6.45, 7) is 2.75. The van der Waals surface area contributed by atoms with Crippen LogP contribution in [0.1, 0.15) is 54.9 Å².